The maximum Gasteiger partial charge on any atom is 0.284 e. The number of hydrogen-bond donors (Lipinski definition) is 0. The summed E-state index contributed by atoms with van der Waals surface area (Å²) in [4.78, 5) is 40.9. The van der Waals surface area contributed by atoms with Gasteiger partial charge in [-0.15, -0.1) is 39.5 Å². The second-order valence-electron chi connectivity index (χ2n) is 5.84. The summed E-state index contributed by atoms with van der Waals surface area (Å²) in [6.45, 7) is 22.6. The fourth-order valence-electron chi connectivity index (χ4n) is 1.92. The van der Waals surface area contributed by atoms with E-state index < -0.39 is 0 Å². The summed E-state index contributed by atoms with van der Waals surface area (Å²) in [5.41, 5.74) is 0. The van der Waals surface area contributed by atoms with E-state index in [-0.39, 0.29) is 64.2 Å². The van der Waals surface area contributed by atoms with Crippen molar-refractivity contribution in [3.8, 4) is 0 Å². The van der Waals surface area contributed by atoms with Gasteiger partial charge in [-0.05, 0) is 0 Å². The normalized spacial score (nSPS) is 10.2. The Morgan fingerprint density at radius 2 is 0.853 bits per heavy atom. The molecule has 0 N–H and O–H groups in total. The lowest BCUT2D eigenvalue weighted by Crippen LogP contribution is -2.34. The van der Waals surface area contributed by atoms with Gasteiger partial charge >= 0.3 is 0 Å². The third-order valence-electron chi connectivity index (χ3n) is 3.18. The molecule has 0 spiro atoms. The monoisotopic (exact) mass is 476 g/mol. The Morgan fingerprint density at radius 3 is 1.24 bits per heavy atom. The zero-order valence-electron chi connectivity index (χ0n) is 19.3. The molecule has 0 unspecified atom stereocenters. The van der Waals surface area contributed by atoms with Gasteiger partial charge in [-0.2, -0.15) is 20.0 Å². The van der Waals surface area contributed by atoms with Crippen LogP contribution in [0.1, 0.15) is 0 Å². The van der Waals surface area contributed by atoms with Crippen LogP contribution < -0.4 is 15.5 Å². The molecule has 1 heterocycles. The van der Waals surface area contributed by atoms with Crippen molar-refractivity contribution < 1.29 is 28.9 Å². The van der Waals surface area contributed by atoms with E-state index in [4.69, 9.17) is 28.9 Å². The van der Waals surface area contributed by atoms with Gasteiger partial charge in [0.25, 0.3) is 17.8 Å². The molecule has 12 nitrogen and oxygen atoms in total. The number of hydroxylamine groups is 1. The number of rotatable bonds is 22. The van der Waals surface area contributed by atoms with Gasteiger partial charge in [0.2, 0.25) is 0 Å². The van der Waals surface area contributed by atoms with E-state index in [2.05, 4.69) is 54.4 Å². The number of anilines is 3. The molecule has 0 aliphatic heterocycles. The molecule has 0 amide bonds. The molecule has 0 aliphatic carbocycles. The van der Waals surface area contributed by atoms with Crippen LogP contribution in [0, 0.1) is 0 Å². The summed E-state index contributed by atoms with van der Waals surface area (Å²) in [6.07, 6.45) is 9.27. The van der Waals surface area contributed by atoms with Gasteiger partial charge in [-0.1, -0.05) is 46.9 Å². The predicted molar refractivity (Wildman–Crippen MR) is 129 cm³/mol. The minimum atomic E-state index is -0.0472. The summed E-state index contributed by atoms with van der Waals surface area (Å²) in [7, 11) is 0. The van der Waals surface area contributed by atoms with Crippen LogP contribution in [0.5, 0.6) is 0 Å². The standard InChI is InChI=1S/C22H32N6O6/c1-7-13-29-19-26(30-14-8-2)20-23-21(27(31-15-9-3)32-16-10-4)25-22(24-20)28(33-17-11-5)34-18-12-6/h7-12H,1-6,13-19H2. The fourth-order valence-corrected chi connectivity index (χ4v) is 1.92. The molecular formula is C22H32N6O6. The summed E-state index contributed by atoms with van der Waals surface area (Å²) < 4.78 is 5.50. The van der Waals surface area contributed by atoms with E-state index in [0.29, 0.717) is 0 Å². The van der Waals surface area contributed by atoms with Crippen LogP contribution in [0.15, 0.2) is 75.9 Å². The lowest BCUT2D eigenvalue weighted by atomic mass is 10.7. The van der Waals surface area contributed by atoms with Gasteiger partial charge in [-0.3, -0.25) is 4.84 Å². The Morgan fingerprint density at radius 1 is 0.500 bits per heavy atom. The molecule has 12 heteroatoms. The van der Waals surface area contributed by atoms with Crippen LogP contribution in [0.25, 0.3) is 0 Å². The zero-order valence-corrected chi connectivity index (χ0v) is 19.3. The first-order valence-corrected chi connectivity index (χ1v) is 10.2. The first kappa shape index (κ1) is 28.6. The van der Waals surface area contributed by atoms with E-state index in [1.807, 2.05) is 0 Å². The quantitative estimate of drug-likeness (QED) is 0.106. The first-order chi connectivity index (χ1) is 16.6. The molecule has 0 saturated heterocycles. The van der Waals surface area contributed by atoms with Crippen molar-refractivity contribution in [2.24, 2.45) is 0 Å². The predicted octanol–water partition coefficient (Wildman–Crippen LogP) is 3.04. The number of aromatic nitrogens is 3. The molecule has 34 heavy (non-hydrogen) atoms. The van der Waals surface area contributed by atoms with E-state index in [1.165, 1.54) is 29.4 Å². The van der Waals surface area contributed by atoms with Crippen LogP contribution in [-0.2, 0) is 28.9 Å². The van der Waals surface area contributed by atoms with Gasteiger partial charge in [0.1, 0.15) is 6.73 Å². The van der Waals surface area contributed by atoms with Crippen molar-refractivity contribution in [3.63, 3.8) is 0 Å². The fraction of sp³-hybridized carbons (Fsp3) is 0.318. The van der Waals surface area contributed by atoms with E-state index >= 15 is 0 Å². The zero-order chi connectivity index (χ0) is 25.0. The number of ether oxygens (including phenoxy) is 1. The molecule has 1 aromatic heterocycles. The average Bonchev–Trinajstić information content (AvgIpc) is 2.86. The van der Waals surface area contributed by atoms with Crippen LogP contribution in [0.2, 0.25) is 0 Å². The number of hydrogen-bond acceptors (Lipinski definition) is 12. The van der Waals surface area contributed by atoms with Crippen molar-refractivity contribution >= 4 is 17.8 Å². The summed E-state index contributed by atoms with van der Waals surface area (Å²) in [5, 5.41) is 3.28. The summed E-state index contributed by atoms with van der Waals surface area (Å²) in [5.74, 6) is -0.0576. The number of nitrogens with zero attached hydrogens (tertiary/aromatic N) is 6. The molecule has 0 saturated carbocycles. The molecule has 0 bridgehead atoms. The van der Waals surface area contributed by atoms with Crippen LogP contribution in [0.4, 0.5) is 17.8 Å². The van der Waals surface area contributed by atoms with Gasteiger partial charge in [0.05, 0.1) is 39.6 Å². The molecule has 186 valence electrons. The topological polar surface area (TPSA) is 104 Å². The Kier molecular flexibility index (Phi) is 15.2. The van der Waals surface area contributed by atoms with Gasteiger partial charge in [-0.25, -0.2) is 19.4 Å². The minimum Gasteiger partial charge on any atom is -0.355 e. The van der Waals surface area contributed by atoms with Crippen LogP contribution in [0.3, 0.4) is 0 Å². The summed E-state index contributed by atoms with van der Waals surface area (Å²) in [6, 6.07) is 0. The Labute approximate surface area is 200 Å². The first-order valence-electron chi connectivity index (χ1n) is 10.2. The van der Waals surface area contributed by atoms with Crippen molar-refractivity contribution in [1.82, 2.24) is 15.0 Å². The van der Waals surface area contributed by atoms with E-state index in [0.717, 1.165) is 10.5 Å². The lowest BCUT2D eigenvalue weighted by molar-refractivity contribution is -0.0798. The van der Waals surface area contributed by atoms with Gasteiger partial charge in [0.15, 0.2) is 0 Å². The average molecular weight is 477 g/mol. The second-order valence-corrected chi connectivity index (χ2v) is 5.84. The molecule has 0 atom stereocenters. The third-order valence-corrected chi connectivity index (χ3v) is 3.18. The molecule has 0 fully saturated rings. The summed E-state index contributed by atoms with van der Waals surface area (Å²) >= 11 is 0. The SMILES string of the molecule is C=CCOCN(OCC=C)c1nc(N(OCC=C)OCC=C)nc(N(OCC=C)OCC=C)n1. The maximum absolute atomic E-state index is 5.66. The largest absolute Gasteiger partial charge is 0.355 e. The van der Waals surface area contributed by atoms with Crippen molar-refractivity contribution in [1.29, 1.82) is 0 Å². The Hall–Kier alpha value is -3.39. The highest BCUT2D eigenvalue weighted by atomic mass is 17.0. The molecule has 1 aromatic rings. The molecule has 0 aliphatic rings. The van der Waals surface area contributed by atoms with Crippen LogP contribution in [-0.4, -0.2) is 61.3 Å². The highest BCUT2D eigenvalue weighted by Gasteiger charge is 2.23. The Balaban J connectivity index is 3.51. The van der Waals surface area contributed by atoms with Gasteiger partial charge in [0, 0.05) is 0 Å². The second kappa shape index (κ2) is 18.1. The highest BCUT2D eigenvalue weighted by Crippen LogP contribution is 2.21. The molecule has 0 radical (unpaired) electrons. The smallest absolute Gasteiger partial charge is 0.284 e. The Bertz CT molecular complexity index is 723. The maximum atomic E-state index is 5.66. The van der Waals surface area contributed by atoms with E-state index in [1.54, 1.807) is 12.2 Å². The van der Waals surface area contributed by atoms with Gasteiger partial charge < -0.3 is 4.74 Å². The molecule has 1 rings (SSSR count). The van der Waals surface area contributed by atoms with E-state index in [9.17, 15) is 0 Å². The lowest BCUT2D eigenvalue weighted by Gasteiger charge is -2.26. The van der Waals surface area contributed by atoms with Crippen molar-refractivity contribution in [2.75, 3.05) is 61.9 Å². The highest BCUT2D eigenvalue weighted by molar-refractivity contribution is 5.41. The molecular weight excluding hydrogens is 444 g/mol. The molecule has 0 aromatic carbocycles. The van der Waals surface area contributed by atoms with Crippen molar-refractivity contribution in [3.05, 3.63) is 75.9 Å². The van der Waals surface area contributed by atoms with Crippen LogP contribution >= 0.6 is 0 Å². The third kappa shape index (κ3) is 10.5. The van der Waals surface area contributed by atoms with Crippen molar-refractivity contribution in [2.45, 2.75) is 0 Å². The minimum absolute atomic E-state index is 0.0368.